The highest BCUT2D eigenvalue weighted by Gasteiger charge is 2.15. The van der Waals surface area contributed by atoms with Crippen LogP contribution in [0.3, 0.4) is 0 Å². The molecule has 1 aliphatic heterocycles. The molecular weight excluding hydrogens is 302 g/mol. The zero-order valence-corrected chi connectivity index (χ0v) is 14.4. The molecule has 1 N–H and O–H groups in total. The van der Waals surface area contributed by atoms with Gasteiger partial charge >= 0.3 is 0 Å². The summed E-state index contributed by atoms with van der Waals surface area (Å²) in [5.41, 5.74) is 1.31. The zero-order valence-electron chi connectivity index (χ0n) is 14.4. The number of hydrogen-bond donors (Lipinski definition) is 1. The first-order valence-corrected chi connectivity index (χ1v) is 8.59. The Hall–Kier alpha value is -2.07. The molecule has 1 saturated heterocycles. The van der Waals surface area contributed by atoms with Gasteiger partial charge in [0.05, 0.1) is 13.7 Å². The van der Waals surface area contributed by atoms with Crippen molar-refractivity contribution in [3.05, 3.63) is 54.1 Å². The molecule has 1 unspecified atom stereocenters. The van der Waals surface area contributed by atoms with Crippen molar-refractivity contribution in [3.8, 4) is 5.75 Å². The average Bonchev–Trinajstić information content (AvgIpc) is 3.13. The molecule has 4 heteroatoms. The van der Waals surface area contributed by atoms with Crippen LogP contribution in [0, 0.1) is 5.92 Å². The second-order valence-electron chi connectivity index (χ2n) is 6.00. The number of ether oxygens (including phenoxy) is 2. The number of rotatable bonds is 9. The van der Waals surface area contributed by atoms with Crippen LogP contribution in [0.2, 0.25) is 0 Å². The van der Waals surface area contributed by atoms with Crippen molar-refractivity contribution >= 4 is 5.91 Å². The van der Waals surface area contributed by atoms with Gasteiger partial charge in [0, 0.05) is 25.1 Å². The van der Waals surface area contributed by atoms with Crippen LogP contribution in [0.15, 0.2) is 48.6 Å². The third-order valence-electron chi connectivity index (χ3n) is 4.08. The largest absolute Gasteiger partial charge is 0.497 e. The molecule has 1 fully saturated rings. The average molecular weight is 329 g/mol. The van der Waals surface area contributed by atoms with E-state index < -0.39 is 0 Å². The van der Waals surface area contributed by atoms with Crippen molar-refractivity contribution in [2.45, 2.75) is 25.7 Å². The minimum atomic E-state index is -0.0372. The molecule has 130 valence electrons. The second kappa shape index (κ2) is 10.7. The van der Waals surface area contributed by atoms with Crippen LogP contribution in [0.5, 0.6) is 5.75 Å². The lowest BCUT2D eigenvalue weighted by molar-refractivity contribution is -0.116. The molecule has 0 spiro atoms. The predicted molar refractivity (Wildman–Crippen MR) is 96.1 cm³/mol. The van der Waals surface area contributed by atoms with Crippen LogP contribution >= 0.6 is 0 Å². The summed E-state index contributed by atoms with van der Waals surface area (Å²) in [5, 5.41) is 2.91. The van der Waals surface area contributed by atoms with Crippen LogP contribution < -0.4 is 10.1 Å². The Morgan fingerprint density at radius 1 is 1.33 bits per heavy atom. The number of carbonyl (C=O) groups is 1. The molecule has 1 heterocycles. The highest BCUT2D eigenvalue weighted by molar-refractivity contribution is 5.87. The molecule has 24 heavy (non-hydrogen) atoms. The second-order valence-corrected chi connectivity index (χ2v) is 6.00. The number of amides is 1. The molecule has 1 aliphatic rings. The maximum Gasteiger partial charge on any atom is 0.243 e. The first-order chi connectivity index (χ1) is 11.8. The smallest absolute Gasteiger partial charge is 0.243 e. The molecule has 0 bridgehead atoms. The van der Waals surface area contributed by atoms with E-state index in [9.17, 15) is 4.79 Å². The van der Waals surface area contributed by atoms with Gasteiger partial charge in [0.15, 0.2) is 0 Å². The minimum absolute atomic E-state index is 0.0372. The lowest BCUT2D eigenvalue weighted by Gasteiger charge is -2.06. The Morgan fingerprint density at radius 2 is 2.17 bits per heavy atom. The number of unbranched alkanes of at least 4 members (excludes halogenated alkanes) is 1. The van der Waals surface area contributed by atoms with Crippen molar-refractivity contribution in [3.63, 3.8) is 0 Å². The van der Waals surface area contributed by atoms with Gasteiger partial charge < -0.3 is 14.8 Å². The molecule has 0 radical (unpaired) electrons. The highest BCUT2D eigenvalue weighted by Crippen LogP contribution is 2.13. The number of hydrogen-bond acceptors (Lipinski definition) is 3. The number of nitrogens with one attached hydrogen (secondary N) is 1. The van der Waals surface area contributed by atoms with Gasteiger partial charge in [-0.3, -0.25) is 4.79 Å². The van der Waals surface area contributed by atoms with E-state index in [0.29, 0.717) is 12.5 Å². The first-order valence-electron chi connectivity index (χ1n) is 8.59. The SMILES string of the molecule is COc1ccc(CCC/C=C/C=C/C(=O)NCC2CCOC2)cc1. The Bertz CT molecular complexity index is 543. The fourth-order valence-electron chi connectivity index (χ4n) is 2.58. The van der Waals surface area contributed by atoms with Crippen LogP contribution in [-0.4, -0.2) is 32.8 Å². The maximum absolute atomic E-state index is 11.6. The normalized spacial score (nSPS) is 17.6. The molecule has 4 nitrogen and oxygen atoms in total. The standard InChI is InChI=1S/C20H27NO3/c1-23-19-11-9-17(10-12-19)7-5-3-2-4-6-8-20(22)21-15-18-13-14-24-16-18/h2,4,6,8-12,18H,3,5,7,13-16H2,1H3,(H,21,22)/b4-2+,8-6+. The summed E-state index contributed by atoms with van der Waals surface area (Å²) in [6.45, 7) is 2.28. The molecule has 1 amide bonds. The van der Waals surface area contributed by atoms with Crippen LogP contribution in [0.1, 0.15) is 24.8 Å². The van der Waals surface area contributed by atoms with Crippen molar-refractivity contribution in [1.82, 2.24) is 5.32 Å². The summed E-state index contributed by atoms with van der Waals surface area (Å²) < 4.78 is 10.4. The summed E-state index contributed by atoms with van der Waals surface area (Å²) in [7, 11) is 1.68. The van der Waals surface area contributed by atoms with Gasteiger partial charge in [-0.05, 0) is 43.4 Å². The monoisotopic (exact) mass is 329 g/mol. The van der Waals surface area contributed by atoms with E-state index in [4.69, 9.17) is 9.47 Å². The Labute approximate surface area is 144 Å². The van der Waals surface area contributed by atoms with Crippen molar-refractivity contribution < 1.29 is 14.3 Å². The van der Waals surface area contributed by atoms with E-state index >= 15 is 0 Å². The van der Waals surface area contributed by atoms with Gasteiger partial charge in [-0.25, -0.2) is 0 Å². The van der Waals surface area contributed by atoms with Crippen molar-refractivity contribution in [2.75, 3.05) is 26.9 Å². The van der Waals surface area contributed by atoms with Gasteiger partial charge in [-0.1, -0.05) is 30.4 Å². The van der Waals surface area contributed by atoms with E-state index in [-0.39, 0.29) is 5.91 Å². The number of benzene rings is 1. The fourth-order valence-corrected chi connectivity index (χ4v) is 2.58. The number of carbonyl (C=O) groups excluding carboxylic acids is 1. The Balaban J connectivity index is 1.55. The van der Waals surface area contributed by atoms with Gasteiger partial charge in [-0.15, -0.1) is 0 Å². The first kappa shape index (κ1) is 18.3. The van der Waals surface area contributed by atoms with E-state index in [1.165, 1.54) is 5.56 Å². The van der Waals surface area contributed by atoms with Gasteiger partial charge in [0.2, 0.25) is 5.91 Å². The molecule has 0 saturated carbocycles. The summed E-state index contributed by atoms with van der Waals surface area (Å²) >= 11 is 0. The Kier molecular flexibility index (Phi) is 8.11. The molecule has 1 atom stereocenters. The number of methoxy groups -OCH3 is 1. The molecular formula is C20H27NO3. The third-order valence-corrected chi connectivity index (χ3v) is 4.08. The summed E-state index contributed by atoms with van der Waals surface area (Å²) in [6.07, 6.45) is 11.6. The van der Waals surface area contributed by atoms with Crippen LogP contribution in [-0.2, 0) is 16.0 Å². The van der Waals surface area contributed by atoms with E-state index in [0.717, 1.165) is 44.6 Å². The quantitative estimate of drug-likeness (QED) is 0.430. The minimum Gasteiger partial charge on any atom is -0.497 e. The zero-order chi connectivity index (χ0) is 17.0. The van der Waals surface area contributed by atoms with E-state index in [1.54, 1.807) is 19.3 Å². The third kappa shape index (κ3) is 7.01. The predicted octanol–water partition coefficient (Wildman–Crippen LogP) is 3.28. The lowest BCUT2D eigenvalue weighted by Crippen LogP contribution is -2.27. The van der Waals surface area contributed by atoms with Crippen LogP contribution in [0.25, 0.3) is 0 Å². The Morgan fingerprint density at radius 3 is 2.88 bits per heavy atom. The topological polar surface area (TPSA) is 47.6 Å². The molecule has 1 aromatic rings. The highest BCUT2D eigenvalue weighted by atomic mass is 16.5. The number of allylic oxidation sites excluding steroid dienone is 3. The van der Waals surface area contributed by atoms with Crippen molar-refractivity contribution in [2.24, 2.45) is 5.92 Å². The lowest BCUT2D eigenvalue weighted by atomic mass is 10.1. The van der Waals surface area contributed by atoms with E-state index in [2.05, 4.69) is 23.5 Å². The van der Waals surface area contributed by atoms with E-state index in [1.807, 2.05) is 18.2 Å². The number of aryl methyl sites for hydroxylation is 1. The molecule has 1 aromatic carbocycles. The van der Waals surface area contributed by atoms with Crippen LogP contribution in [0.4, 0.5) is 0 Å². The molecule has 0 aliphatic carbocycles. The van der Waals surface area contributed by atoms with Gasteiger partial charge in [-0.2, -0.15) is 0 Å². The fraction of sp³-hybridized carbons (Fsp3) is 0.450. The van der Waals surface area contributed by atoms with Gasteiger partial charge in [0.1, 0.15) is 5.75 Å². The summed E-state index contributed by atoms with van der Waals surface area (Å²) in [5.74, 6) is 1.32. The molecule has 2 rings (SSSR count). The summed E-state index contributed by atoms with van der Waals surface area (Å²) in [4.78, 5) is 11.6. The van der Waals surface area contributed by atoms with Crippen molar-refractivity contribution in [1.29, 1.82) is 0 Å². The molecule has 0 aromatic heterocycles. The maximum atomic E-state index is 11.6. The van der Waals surface area contributed by atoms with Gasteiger partial charge in [0.25, 0.3) is 0 Å². The summed E-state index contributed by atoms with van der Waals surface area (Å²) in [6, 6.07) is 8.18.